The molecule has 31 heteroatoms. The van der Waals surface area contributed by atoms with Gasteiger partial charge in [-0.3, -0.25) is 0 Å². The third kappa shape index (κ3) is 10.9. The molecule has 29 atom stereocenters. The van der Waals surface area contributed by atoms with Crippen molar-refractivity contribution in [2.75, 3.05) is 46.2 Å². The molecule has 0 spiro atoms. The van der Waals surface area contributed by atoms with E-state index in [0.29, 0.717) is 0 Å². The molecule has 6 rings (SSSR count). The molecule has 6 aliphatic rings. The van der Waals surface area contributed by atoms with E-state index in [-0.39, 0.29) is 0 Å². The predicted octanol–water partition coefficient (Wildman–Crippen LogP) is -14.1. The van der Waals surface area contributed by atoms with E-state index in [1.807, 2.05) is 0 Å². The zero-order valence-electron chi connectivity index (χ0n) is 35.1. The molecule has 0 bridgehead atoms. The van der Waals surface area contributed by atoms with E-state index in [1.54, 1.807) is 0 Å². The van der Waals surface area contributed by atoms with Gasteiger partial charge in [-0.05, 0) is 0 Å². The van der Waals surface area contributed by atoms with Crippen molar-refractivity contribution in [2.24, 2.45) is 0 Å². The highest BCUT2D eigenvalue weighted by atomic mass is 16.8. The van der Waals surface area contributed by atoms with Gasteiger partial charge in [-0.1, -0.05) is 0 Å². The van der Waals surface area contributed by atoms with Crippen molar-refractivity contribution in [2.45, 2.75) is 178 Å². The minimum atomic E-state index is -2.50. The van der Waals surface area contributed by atoms with Gasteiger partial charge in [-0.25, -0.2) is 0 Å². The fourth-order valence-corrected chi connectivity index (χ4v) is 8.48. The standard InChI is InChI=1S/C36H62O31/c37-1-8-14(43)17(46)22(51)31(58-8)57-6-13-15(44)18(47)23(52)32(62-13)63-27-10(3-39)59-33(24(53)19(27)48)64-28-11(4-40)60-34(25(54)20(28)49)65-29-12(5-41)61-35(26(55)21(29)50)67-36(7-42)30(56)16(45)9(2-38)66-36/h8-35,37-56H,1-7H2. The van der Waals surface area contributed by atoms with Crippen LogP contribution in [-0.4, -0.2) is 326 Å². The van der Waals surface area contributed by atoms with E-state index in [9.17, 15) is 102 Å². The van der Waals surface area contributed by atoms with E-state index in [1.165, 1.54) is 0 Å². The first kappa shape index (κ1) is 55.1. The molecule has 0 aromatic rings. The van der Waals surface area contributed by atoms with Crippen LogP contribution < -0.4 is 0 Å². The van der Waals surface area contributed by atoms with Gasteiger partial charge in [-0.2, -0.15) is 0 Å². The van der Waals surface area contributed by atoms with E-state index < -0.39 is 224 Å². The molecule has 0 amide bonds. The highest BCUT2D eigenvalue weighted by molar-refractivity contribution is 5.01. The summed E-state index contributed by atoms with van der Waals surface area (Å²) in [7, 11) is 0. The lowest BCUT2D eigenvalue weighted by molar-refractivity contribution is -0.404. The van der Waals surface area contributed by atoms with Crippen LogP contribution in [0, 0.1) is 0 Å². The van der Waals surface area contributed by atoms with E-state index in [0.717, 1.165) is 0 Å². The average molecular weight is 991 g/mol. The van der Waals surface area contributed by atoms with Gasteiger partial charge in [-0.15, -0.1) is 0 Å². The fraction of sp³-hybridized carbons (Fsp3) is 1.00. The van der Waals surface area contributed by atoms with E-state index >= 15 is 0 Å². The predicted molar refractivity (Wildman–Crippen MR) is 199 cm³/mol. The Kier molecular flexibility index (Phi) is 19.0. The van der Waals surface area contributed by atoms with Crippen molar-refractivity contribution in [3.05, 3.63) is 0 Å². The highest BCUT2D eigenvalue weighted by Gasteiger charge is 2.60. The molecule has 392 valence electrons. The van der Waals surface area contributed by atoms with Crippen molar-refractivity contribution in [3.63, 3.8) is 0 Å². The second-order valence-electron chi connectivity index (χ2n) is 16.8. The summed E-state index contributed by atoms with van der Waals surface area (Å²) in [6, 6.07) is 0. The minimum absolute atomic E-state index is 0.754. The third-order valence-electron chi connectivity index (χ3n) is 12.5. The molecular formula is C36H62O31. The molecule has 0 aromatic carbocycles. The summed E-state index contributed by atoms with van der Waals surface area (Å²) in [5.74, 6) is -2.50. The quantitative estimate of drug-likeness (QED) is 0.0643. The number of aliphatic hydroxyl groups excluding tert-OH is 20. The molecular weight excluding hydrogens is 928 g/mol. The normalized spacial score (nSPS) is 53.2. The average Bonchev–Trinajstić information content (AvgIpc) is 3.57. The van der Waals surface area contributed by atoms with Crippen LogP contribution in [0.25, 0.3) is 0 Å². The summed E-state index contributed by atoms with van der Waals surface area (Å²) in [5, 5.41) is 209. The zero-order chi connectivity index (χ0) is 49.4. The molecule has 6 heterocycles. The Morgan fingerprint density at radius 3 is 1.07 bits per heavy atom. The Labute approximate surface area is 378 Å². The lowest BCUT2D eigenvalue weighted by Crippen LogP contribution is -2.68. The first-order valence-corrected chi connectivity index (χ1v) is 21.1. The van der Waals surface area contributed by atoms with Gasteiger partial charge >= 0.3 is 0 Å². The number of rotatable bonds is 17. The number of aliphatic hydroxyl groups is 20. The van der Waals surface area contributed by atoms with Crippen molar-refractivity contribution in [3.8, 4) is 0 Å². The summed E-state index contributed by atoms with van der Waals surface area (Å²) in [6.45, 7) is -6.59. The van der Waals surface area contributed by atoms with Crippen LogP contribution in [-0.2, 0) is 52.1 Å². The summed E-state index contributed by atoms with van der Waals surface area (Å²) in [4.78, 5) is 0. The molecule has 20 N–H and O–H groups in total. The number of hydrogen-bond acceptors (Lipinski definition) is 31. The maximum Gasteiger partial charge on any atom is 0.224 e. The van der Waals surface area contributed by atoms with Crippen molar-refractivity contribution < 1.29 is 154 Å². The molecule has 0 saturated carbocycles. The Morgan fingerprint density at radius 2 is 0.672 bits per heavy atom. The van der Waals surface area contributed by atoms with Gasteiger partial charge < -0.3 is 154 Å². The molecule has 31 nitrogen and oxygen atoms in total. The molecule has 0 aromatic heterocycles. The minimum Gasteiger partial charge on any atom is -0.394 e. The molecule has 67 heavy (non-hydrogen) atoms. The monoisotopic (exact) mass is 990 g/mol. The molecule has 0 radical (unpaired) electrons. The van der Waals surface area contributed by atoms with Crippen molar-refractivity contribution in [1.29, 1.82) is 0 Å². The Bertz CT molecular complexity index is 1520. The number of hydrogen-bond donors (Lipinski definition) is 20. The van der Waals surface area contributed by atoms with Crippen LogP contribution in [0.1, 0.15) is 0 Å². The lowest BCUT2D eigenvalue weighted by Gasteiger charge is -2.49. The maximum absolute atomic E-state index is 11.2. The Morgan fingerprint density at radius 1 is 0.328 bits per heavy atom. The third-order valence-corrected chi connectivity index (χ3v) is 12.5. The Balaban J connectivity index is 1.07. The second kappa shape index (κ2) is 23.1. The van der Waals surface area contributed by atoms with Crippen LogP contribution in [0.4, 0.5) is 0 Å². The van der Waals surface area contributed by atoms with Crippen molar-refractivity contribution in [1.82, 2.24) is 0 Å². The van der Waals surface area contributed by atoms with Crippen LogP contribution in [0.15, 0.2) is 0 Å². The first-order chi connectivity index (χ1) is 31.7. The van der Waals surface area contributed by atoms with Gasteiger partial charge in [0.2, 0.25) is 5.79 Å². The molecule has 6 saturated heterocycles. The van der Waals surface area contributed by atoms with E-state index in [4.69, 9.17) is 52.1 Å². The Hall–Kier alpha value is -1.24. The van der Waals surface area contributed by atoms with Gasteiger partial charge in [0.05, 0.1) is 39.6 Å². The molecule has 0 aliphatic carbocycles. The summed E-state index contributed by atoms with van der Waals surface area (Å²) in [6.07, 6.45) is -52.9. The summed E-state index contributed by atoms with van der Waals surface area (Å²) in [5.41, 5.74) is 0. The molecule has 6 aliphatic heterocycles. The van der Waals surface area contributed by atoms with Crippen LogP contribution in [0.3, 0.4) is 0 Å². The summed E-state index contributed by atoms with van der Waals surface area (Å²) < 4.78 is 60.5. The number of ether oxygens (including phenoxy) is 11. The fourth-order valence-electron chi connectivity index (χ4n) is 8.48. The van der Waals surface area contributed by atoms with Crippen LogP contribution in [0.2, 0.25) is 0 Å². The highest BCUT2D eigenvalue weighted by Crippen LogP contribution is 2.38. The lowest BCUT2D eigenvalue weighted by atomic mass is 9.95. The maximum atomic E-state index is 11.2. The van der Waals surface area contributed by atoms with Crippen LogP contribution >= 0.6 is 0 Å². The topological polar surface area (TPSA) is 506 Å². The van der Waals surface area contributed by atoms with Gasteiger partial charge in [0.1, 0.15) is 147 Å². The van der Waals surface area contributed by atoms with Gasteiger partial charge in [0.25, 0.3) is 0 Å². The van der Waals surface area contributed by atoms with Gasteiger partial charge in [0.15, 0.2) is 31.5 Å². The molecule has 6 fully saturated rings. The largest absolute Gasteiger partial charge is 0.394 e. The smallest absolute Gasteiger partial charge is 0.224 e. The first-order valence-electron chi connectivity index (χ1n) is 21.1. The van der Waals surface area contributed by atoms with Crippen molar-refractivity contribution >= 4 is 0 Å². The second-order valence-corrected chi connectivity index (χ2v) is 16.8. The zero-order valence-corrected chi connectivity index (χ0v) is 35.1. The van der Waals surface area contributed by atoms with E-state index in [2.05, 4.69) is 0 Å². The molecule has 29 unspecified atom stereocenters. The summed E-state index contributed by atoms with van der Waals surface area (Å²) >= 11 is 0. The van der Waals surface area contributed by atoms with Crippen LogP contribution in [0.5, 0.6) is 0 Å². The SMILES string of the molecule is OCC1OC(OCC2OC(OC3C(CO)OC(OC4C(CO)OC(OC5C(CO)OC(OC6(CO)OC(CO)C(O)C6O)C(O)C5O)C(O)C4O)C(O)C3O)C(O)C(O)C2O)C(O)C(O)C1O. The van der Waals surface area contributed by atoms with Gasteiger partial charge in [0, 0.05) is 0 Å².